The van der Waals surface area contributed by atoms with Crippen LogP contribution < -0.4 is 14.8 Å². The number of benzene rings is 2. The predicted molar refractivity (Wildman–Crippen MR) is 121 cm³/mol. The van der Waals surface area contributed by atoms with E-state index in [9.17, 15) is 0 Å². The summed E-state index contributed by atoms with van der Waals surface area (Å²) in [5.74, 6) is 1.48. The van der Waals surface area contributed by atoms with E-state index in [0.29, 0.717) is 35.7 Å². The van der Waals surface area contributed by atoms with Gasteiger partial charge in [0.2, 0.25) is 5.88 Å². The fraction of sp³-hybridized carbons (Fsp3) is 0.227. The molecule has 3 rings (SSSR count). The van der Waals surface area contributed by atoms with Crippen LogP contribution in [0.3, 0.4) is 0 Å². The molecule has 29 heavy (non-hydrogen) atoms. The summed E-state index contributed by atoms with van der Waals surface area (Å²) in [5.41, 5.74) is 2.04. The first-order valence-electron chi connectivity index (χ1n) is 9.21. The highest BCUT2D eigenvalue weighted by atomic mass is 79.9. The van der Waals surface area contributed by atoms with Gasteiger partial charge in [-0.25, -0.2) is 4.98 Å². The summed E-state index contributed by atoms with van der Waals surface area (Å²) in [4.78, 5) is 4.14. The van der Waals surface area contributed by atoms with Gasteiger partial charge >= 0.3 is 0 Å². The van der Waals surface area contributed by atoms with Crippen molar-refractivity contribution in [3.8, 4) is 11.6 Å². The number of hydrogen-bond donors (Lipinski definition) is 1. The molecular formula is C22H21BrCl2N2O2. The number of hydrogen-bond acceptors (Lipinski definition) is 4. The number of halogens is 3. The molecule has 7 heteroatoms. The van der Waals surface area contributed by atoms with Gasteiger partial charge in [-0.3, -0.25) is 0 Å². The molecule has 2 aromatic carbocycles. The number of pyridine rings is 1. The van der Waals surface area contributed by atoms with Gasteiger partial charge in [-0.15, -0.1) is 0 Å². The summed E-state index contributed by atoms with van der Waals surface area (Å²) in [7, 11) is 0. The molecule has 0 spiro atoms. The third-order valence-corrected chi connectivity index (χ3v) is 5.33. The smallest absolute Gasteiger partial charge is 0.213 e. The van der Waals surface area contributed by atoms with Gasteiger partial charge in [0.15, 0.2) is 0 Å². The summed E-state index contributed by atoms with van der Waals surface area (Å²) in [6, 6.07) is 17.1. The highest BCUT2D eigenvalue weighted by Crippen LogP contribution is 2.26. The van der Waals surface area contributed by atoms with Crippen molar-refractivity contribution >= 4 is 39.1 Å². The summed E-state index contributed by atoms with van der Waals surface area (Å²) >= 11 is 15.6. The first kappa shape index (κ1) is 21.9. The molecule has 3 aromatic rings. The van der Waals surface area contributed by atoms with Crippen LogP contribution in [-0.2, 0) is 13.2 Å². The maximum Gasteiger partial charge on any atom is 0.213 e. The van der Waals surface area contributed by atoms with Crippen molar-refractivity contribution in [2.75, 3.05) is 13.2 Å². The van der Waals surface area contributed by atoms with Gasteiger partial charge in [-0.2, -0.15) is 0 Å². The van der Waals surface area contributed by atoms with Crippen molar-refractivity contribution in [2.24, 2.45) is 0 Å². The molecule has 4 nitrogen and oxygen atoms in total. The second-order valence-corrected chi connectivity index (χ2v) is 8.07. The van der Waals surface area contributed by atoms with Crippen LogP contribution >= 0.6 is 39.1 Å². The van der Waals surface area contributed by atoms with Crippen LogP contribution in [0.1, 0.15) is 17.5 Å². The number of ether oxygens (including phenoxy) is 2. The van der Waals surface area contributed by atoms with Gasteiger partial charge in [0.25, 0.3) is 0 Å². The number of aromatic nitrogens is 1. The summed E-state index contributed by atoms with van der Waals surface area (Å²) in [6.07, 6.45) is 2.60. The standard InChI is InChI=1S/C22H21BrCl2N2O2/c23-18-6-8-21(29-15-16-5-7-19(24)20(25)12-16)17(13-18)14-26-9-3-11-28-22-4-1-2-10-27-22/h1-2,4-8,10,12-13,26H,3,9,11,14-15H2. The van der Waals surface area contributed by atoms with Crippen LogP contribution in [0, 0.1) is 0 Å². The maximum atomic E-state index is 6.08. The first-order valence-corrected chi connectivity index (χ1v) is 10.8. The van der Waals surface area contributed by atoms with Gasteiger partial charge in [0.1, 0.15) is 12.4 Å². The quantitative estimate of drug-likeness (QED) is 0.335. The second-order valence-electron chi connectivity index (χ2n) is 6.34. The van der Waals surface area contributed by atoms with Gasteiger partial charge in [-0.05, 0) is 54.9 Å². The molecule has 0 fully saturated rings. The minimum Gasteiger partial charge on any atom is -0.489 e. The fourth-order valence-corrected chi connectivity index (χ4v) is 3.38. The van der Waals surface area contributed by atoms with E-state index in [1.807, 2.05) is 42.5 Å². The molecule has 0 saturated carbocycles. The van der Waals surface area contributed by atoms with Crippen molar-refractivity contribution in [2.45, 2.75) is 19.6 Å². The number of rotatable bonds is 10. The van der Waals surface area contributed by atoms with Crippen molar-refractivity contribution in [3.05, 3.63) is 86.4 Å². The second kappa shape index (κ2) is 11.4. The Hall–Kier alpha value is -1.79. The molecular weight excluding hydrogens is 475 g/mol. The Morgan fingerprint density at radius 1 is 0.966 bits per heavy atom. The molecule has 0 aliphatic rings. The van der Waals surface area contributed by atoms with E-state index in [4.69, 9.17) is 32.7 Å². The summed E-state index contributed by atoms with van der Waals surface area (Å²) < 4.78 is 12.6. The number of nitrogens with zero attached hydrogens (tertiary/aromatic N) is 1. The van der Waals surface area contributed by atoms with Crippen molar-refractivity contribution < 1.29 is 9.47 Å². The zero-order chi connectivity index (χ0) is 20.5. The molecule has 0 amide bonds. The Balaban J connectivity index is 1.47. The fourth-order valence-electron chi connectivity index (χ4n) is 2.65. The average Bonchev–Trinajstić information content (AvgIpc) is 2.73. The molecule has 0 aliphatic heterocycles. The van der Waals surface area contributed by atoms with Crippen molar-refractivity contribution in [1.29, 1.82) is 0 Å². The lowest BCUT2D eigenvalue weighted by molar-refractivity contribution is 0.294. The summed E-state index contributed by atoms with van der Waals surface area (Å²) in [6.45, 7) is 2.55. The zero-order valence-corrected chi connectivity index (χ0v) is 18.8. The van der Waals surface area contributed by atoms with Crippen LogP contribution in [0.4, 0.5) is 0 Å². The van der Waals surface area contributed by atoms with Gasteiger partial charge in [0, 0.05) is 28.8 Å². The normalized spacial score (nSPS) is 10.7. The van der Waals surface area contributed by atoms with E-state index in [-0.39, 0.29) is 0 Å². The Labute approximate surface area is 189 Å². The van der Waals surface area contributed by atoms with Crippen LogP contribution in [0.5, 0.6) is 11.6 Å². The Morgan fingerprint density at radius 3 is 2.66 bits per heavy atom. The Morgan fingerprint density at radius 2 is 1.86 bits per heavy atom. The third-order valence-electron chi connectivity index (χ3n) is 4.10. The molecule has 1 heterocycles. The van der Waals surface area contributed by atoms with Crippen LogP contribution in [-0.4, -0.2) is 18.1 Å². The van der Waals surface area contributed by atoms with Crippen LogP contribution in [0.15, 0.2) is 65.3 Å². The van der Waals surface area contributed by atoms with Crippen molar-refractivity contribution in [3.63, 3.8) is 0 Å². The zero-order valence-electron chi connectivity index (χ0n) is 15.7. The first-order chi connectivity index (χ1) is 14.1. The van der Waals surface area contributed by atoms with Crippen LogP contribution in [0.2, 0.25) is 10.0 Å². The average molecular weight is 496 g/mol. The molecule has 0 radical (unpaired) electrons. The molecule has 1 N–H and O–H groups in total. The molecule has 0 atom stereocenters. The monoisotopic (exact) mass is 494 g/mol. The number of nitrogens with one attached hydrogen (secondary N) is 1. The SMILES string of the molecule is Clc1ccc(COc2ccc(Br)cc2CNCCCOc2ccccn2)cc1Cl. The van der Waals surface area contributed by atoms with E-state index in [0.717, 1.165) is 34.3 Å². The summed E-state index contributed by atoms with van der Waals surface area (Å²) in [5, 5.41) is 4.49. The molecule has 0 bridgehead atoms. The lowest BCUT2D eigenvalue weighted by atomic mass is 10.2. The highest BCUT2D eigenvalue weighted by Gasteiger charge is 2.07. The molecule has 1 aromatic heterocycles. The minimum atomic E-state index is 0.420. The van der Waals surface area contributed by atoms with E-state index in [1.165, 1.54) is 0 Å². The minimum absolute atomic E-state index is 0.420. The molecule has 0 saturated heterocycles. The third kappa shape index (κ3) is 7.19. The molecule has 0 aliphatic carbocycles. The van der Waals surface area contributed by atoms with Gasteiger partial charge in [-0.1, -0.05) is 51.3 Å². The molecule has 152 valence electrons. The molecule has 0 unspecified atom stereocenters. The maximum absolute atomic E-state index is 6.08. The Bertz CT molecular complexity index is 926. The van der Waals surface area contributed by atoms with Gasteiger partial charge in [0.05, 0.1) is 16.7 Å². The topological polar surface area (TPSA) is 43.4 Å². The lowest BCUT2D eigenvalue weighted by Crippen LogP contribution is -2.17. The van der Waals surface area contributed by atoms with E-state index in [2.05, 4.69) is 32.3 Å². The lowest BCUT2D eigenvalue weighted by Gasteiger charge is -2.13. The van der Waals surface area contributed by atoms with E-state index in [1.54, 1.807) is 12.3 Å². The predicted octanol–water partition coefficient (Wildman–Crippen LogP) is 6.29. The van der Waals surface area contributed by atoms with Crippen molar-refractivity contribution in [1.82, 2.24) is 10.3 Å². The highest BCUT2D eigenvalue weighted by molar-refractivity contribution is 9.10. The van der Waals surface area contributed by atoms with Gasteiger partial charge < -0.3 is 14.8 Å². The Kier molecular flexibility index (Phi) is 8.62. The largest absolute Gasteiger partial charge is 0.489 e. The van der Waals surface area contributed by atoms with E-state index >= 15 is 0 Å². The van der Waals surface area contributed by atoms with Crippen LogP contribution in [0.25, 0.3) is 0 Å². The van der Waals surface area contributed by atoms with E-state index < -0.39 is 0 Å².